The van der Waals surface area contributed by atoms with Gasteiger partial charge in [0.2, 0.25) is 5.91 Å². The van der Waals surface area contributed by atoms with E-state index in [2.05, 4.69) is 10.6 Å². The Balaban J connectivity index is 1.80. The second-order valence-corrected chi connectivity index (χ2v) is 6.53. The number of nitrogens with one attached hydrogen (secondary N) is 2. The third-order valence-electron chi connectivity index (χ3n) is 3.64. The molecule has 6 heteroatoms. The maximum absolute atomic E-state index is 12.8. The summed E-state index contributed by atoms with van der Waals surface area (Å²) in [5.41, 5.74) is 0.577. The zero-order valence-corrected chi connectivity index (χ0v) is 13.1. The number of carbonyl (C=O) groups is 2. The van der Waals surface area contributed by atoms with E-state index in [0.29, 0.717) is 19.5 Å². The molecule has 0 radical (unpaired) electrons. The first-order chi connectivity index (χ1) is 10.3. The highest BCUT2D eigenvalue weighted by Crippen LogP contribution is 2.21. The van der Waals surface area contributed by atoms with E-state index in [1.54, 1.807) is 17.0 Å². The summed E-state index contributed by atoms with van der Waals surface area (Å²) in [5.74, 6) is -0.253. The van der Waals surface area contributed by atoms with Crippen molar-refractivity contribution >= 4 is 11.9 Å². The lowest BCUT2D eigenvalue weighted by Crippen LogP contribution is -2.46. The lowest BCUT2D eigenvalue weighted by Gasteiger charge is -2.32. The first-order valence-electron chi connectivity index (χ1n) is 7.35. The van der Waals surface area contributed by atoms with Crippen molar-refractivity contribution in [2.24, 2.45) is 0 Å². The fourth-order valence-electron chi connectivity index (χ4n) is 2.47. The van der Waals surface area contributed by atoms with Crippen LogP contribution in [0.25, 0.3) is 0 Å². The van der Waals surface area contributed by atoms with Crippen molar-refractivity contribution in [3.63, 3.8) is 0 Å². The molecule has 0 saturated carbocycles. The minimum absolute atomic E-state index is 0.0522. The Morgan fingerprint density at radius 2 is 1.95 bits per heavy atom. The zero-order chi connectivity index (χ0) is 16.3. The van der Waals surface area contributed by atoms with Crippen LogP contribution in [0.2, 0.25) is 0 Å². The molecule has 1 unspecified atom stereocenters. The Morgan fingerprint density at radius 3 is 2.50 bits per heavy atom. The van der Waals surface area contributed by atoms with Gasteiger partial charge in [-0.05, 0) is 38.5 Å². The van der Waals surface area contributed by atoms with Gasteiger partial charge in [0.05, 0.1) is 6.04 Å². The topological polar surface area (TPSA) is 61.4 Å². The van der Waals surface area contributed by atoms with E-state index >= 15 is 0 Å². The third kappa shape index (κ3) is 4.19. The summed E-state index contributed by atoms with van der Waals surface area (Å²) in [6, 6.07) is 5.45. The van der Waals surface area contributed by atoms with Crippen LogP contribution >= 0.6 is 0 Å². The largest absolute Gasteiger partial charge is 0.336 e. The molecule has 0 bridgehead atoms. The molecule has 22 heavy (non-hydrogen) atoms. The summed E-state index contributed by atoms with van der Waals surface area (Å²) in [6.07, 6.45) is 0.321. The van der Waals surface area contributed by atoms with Gasteiger partial charge in [-0.25, -0.2) is 9.18 Å². The van der Waals surface area contributed by atoms with E-state index in [1.165, 1.54) is 12.1 Å². The number of amides is 3. The molecular weight excluding hydrogens is 285 g/mol. The number of rotatable bonds is 3. The minimum Gasteiger partial charge on any atom is -0.336 e. The molecule has 120 valence electrons. The van der Waals surface area contributed by atoms with Gasteiger partial charge in [-0.1, -0.05) is 12.1 Å². The average molecular weight is 307 g/mol. The van der Waals surface area contributed by atoms with Crippen LogP contribution in [0.3, 0.4) is 0 Å². The normalized spacial score (nSPS) is 18.5. The fourth-order valence-corrected chi connectivity index (χ4v) is 2.47. The minimum atomic E-state index is -0.321. The highest BCUT2D eigenvalue weighted by molar-refractivity contribution is 5.82. The second-order valence-electron chi connectivity index (χ2n) is 6.53. The predicted molar refractivity (Wildman–Crippen MR) is 81.6 cm³/mol. The molecule has 1 heterocycles. The van der Waals surface area contributed by atoms with Crippen LogP contribution < -0.4 is 10.6 Å². The van der Waals surface area contributed by atoms with E-state index in [9.17, 15) is 14.0 Å². The SMILES string of the molecule is CC(C)(C)N1CC(NC(=O)NCc2ccc(F)cc2)CC1=O. The van der Waals surface area contributed by atoms with Crippen molar-refractivity contribution in [1.82, 2.24) is 15.5 Å². The summed E-state index contributed by atoms with van der Waals surface area (Å²) in [6.45, 7) is 6.76. The zero-order valence-electron chi connectivity index (χ0n) is 13.1. The van der Waals surface area contributed by atoms with Crippen molar-refractivity contribution in [3.05, 3.63) is 35.6 Å². The smallest absolute Gasteiger partial charge is 0.315 e. The summed E-state index contributed by atoms with van der Waals surface area (Å²) >= 11 is 0. The van der Waals surface area contributed by atoms with E-state index in [4.69, 9.17) is 0 Å². The van der Waals surface area contributed by atoms with Crippen molar-refractivity contribution in [2.75, 3.05) is 6.54 Å². The highest BCUT2D eigenvalue weighted by atomic mass is 19.1. The van der Waals surface area contributed by atoms with Crippen LogP contribution in [-0.2, 0) is 11.3 Å². The standard InChI is InChI=1S/C16H22FN3O2/c1-16(2,3)20-10-13(8-14(20)21)19-15(22)18-9-11-4-6-12(17)7-5-11/h4-7,13H,8-10H2,1-3H3,(H2,18,19,22). The number of urea groups is 1. The van der Waals surface area contributed by atoms with Crippen molar-refractivity contribution in [3.8, 4) is 0 Å². The molecule has 1 aliphatic rings. The molecule has 2 rings (SSSR count). The number of carbonyl (C=O) groups excluding carboxylic acids is 2. The van der Waals surface area contributed by atoms with E-state index in [0.717, 1.165) is 5.56 Å². The Hall–Kier alpha value is -2.11. The Bertz CT molecular complexity index is 552. The maximum atomic E-state index is 12.8. The molecule has 1 fully saturated rings. The van der Waals surface area contributed by atoms with Crippen LogP contribution in [0.4, 0.5) is 9.18 Å². The number of nitrogens with zero attached hydrogens (tertiary/aromatic N) is 1. The summed E-state index contributed by atoms with van der Waals surface area (Å²) in [5, 5.41) is 5.52. The van der Waals surface area contributed by atoms with Gasteiger partial charge in [0.15, 0.2) is 0 Å². The molecule has 2 N–H and O–H groups in total. The average Bonchev–Trinajstić information content (AvgIpc) is 2.79. The Labute approximate surface area is 129 Å². The summed E-state index contributed by atoms with van der Waals surface area (Å²) in [7, 11) is 0. The van der Waals surface area contributed by atoms with Crippen LogP contribution in [0.15, 0.2) is 24.3 Å². The number of hydrogen-bond acceptors (Lipinski definition) is 2. The van der Waals surface area contributed by atoms with Crippen molar-refractivity contribution in [2.45, 2.75) is 45.3 Å². The Morgan fingerprint density at radius 1 is 1.32 bits per heavy atom. The molecule has 0 aliphatic carbocycles. The van der Waals surface area contributed by atoms with Gasteiger partial charge >= 0.3 is 6.03 Å². The Kier molecular flexibility index (Phi) is 4.68. The van der Waals surface area contributed by atoms with Crippen LogP contribution in [0, 0.1) is 5.82 Å². The summed E-state index contributed by atoms with van der Waals surface area (Å²) < 4.78 is 12.8. The number of benzene rings is 1. The number of likely N-dealkylation sites (tertiary alicyclic amines) is 1. The first kappa shape index (κ1) is 16.3. The molecule has 1 aromatic rings. The van der Waals surface area contributed by atoms with Gasteiger partial charge < -0.3 is 15.5 Å². The first-order valence-corrected chi connectivity index (χ1v) is 7.35. The molecule has 1 aliphatic heterocycles. The molecule has 3 amide bonds. The monoisotopic (exact) mass is 307 g/mol. The summed E-state index contributed by atoms with van der Waals surface area (Å²) in [4.78, 5) is 25.6. The molecular formula is C16H22FN3O2. The molecule has 1 saturated heterocycles. The quantitative estimate of drug-likeness (QED) is 0.897. The lowest BCUT2D eigenvalue weighted by molar-refractivity contribution is -0.131. The molecule has 0 aromatic heterocycles. The van der Waals surface area contributed by atoms with Crippen molar-refractivity contribution in [1.29, 1.82) is 0 Å². The molecule has 1 atom stereocenters. The van der Waals surface area contributed by atoms with Crippen LogP contribution in [0.1, 0.15) is 32.8 Å². The molecule has 1 aromatic carbocycles. The maximum Gasteiger partial charge on any atom is 0.315 e. The van der Waals surface area contributed by atoms with E-state index in [-0.39, 0.29) is 29.3 Å². The fraction of sp³-hybridized carbons (Fsp3) is 0.500. The second kappa shape index (κ2) is 6.34. The van der Waals surface area contributed by atoms with Crippen molar-refractivity contribution < 1.29 is 14.0 Å². The van der Waals surface area contributed by atoms with E-state index < -0.39 is 0 Å². The van der Waals surface area contributed by atoms with Gasteiger partial charge in [-0.15, -0.1) is 0 Å². The molecule has 0 spiro atoms. The van der Waals surface area contributed by atoms with Gasteiger partial charge in [0.25, 0.3) is 0 Å². The highest BCUT2D eigenvalue weighted by Gasteiger charge is 2.36. The number of hydrogen-bond donors (Lipinski definition) is 2. The van der Waals surface area contributed by atoms with Crippen LogP contribution in [-0.4, -0.2) is 35.0 Å². The van der Waals surface area contributed by atoms with E-state index in [1.807, 2.05) is 20.8 Å². The third-order valence-corrected chi connectivity index (χ3v) is 3.64. The van der Waals surface area contributed by atoms with Crippen LogP contribution in [0.5, 0.6) is 0 Å². The van der Waals surface area contributed by atoms with Gasteiger partial charge in [-0.2, -0.15) is 0 Å². The van der Waals surface area contributed by atoms with Gasteiger partial charge in [-0.3, -0.25) is 4.79 Å². The predicted octanol–water partition coefficient (Wildman–Crippen LogP) is 2.02. The lowest BCUT2D eigenvalue weighted by atomic mass is 10.1. The molecule has 5 nitrogen and oxygen atoms in total. The van der Waals surface area contributed by atoms with Gasteiger partial charge in [0.1, 0.15) is 5.82 Å². The number of halogens is 1. The van der Waals surface area contributed by atoms with Gasteiger partial charge in [0, 0.05) is 25.0 Å².